The van der Waals surface area contributed by atoms with E-state index in [1.807, 2.05) is 28.8 Å². The van der Waals surface area contributed by atoms with E-state index in [2.05, 4.69) is 10.3 Å². The summed E-state index contributed by atoms with van der Waals surface area (Å²) in [6.45, 7) is 0.952. The zero-order valence-corrected chi connectivity index (χ0v) is 8.35. The number of nitrogens with zero attached hydrogens (tertiary/aromatic N) is 2. The Hall–Kier alpha value is -1.71. The van der Waals surface area contributed by atoms with Gasteiger partial charge in [-0.25, -0.2) is 0 Å². The summed E-state index contributed by atoms with van der Waals surface area (Å²) in [6.07, 6.45) is 4.52. The summed E-state index contributed by atoms with van der Waals surface area (Å²) in [5.74, 6) is 1.62. The van der Waals surface area contributed by atoms with Crippen LogP contribution in [0, 0.1) is 5.92 Å². The summed E-state index contributed by atoms with van der Waals surface area (Å²) in [7, 11) is 0. The maximum absolute atomic E-state index is 9.60. The normalized spacial score (nSPS) is 15.7. The molecule has 1 aliphatic rings. The first-order valence-corrected chi connectivity index (χ1v) is 5.24. The van der Waals surface area contributed by atoms with Crippen molar-refractivity contribution in [2.75, 3.05) is 11.9 Å². The monoisotopic (exact) mass is 203 g/mol. The average molecular weight is 203 g/mol. The molecule has 0 saturated heterocycles. The molecular formula is C11H13N3O. The first kappa shape index (κ1) is 8.59. The predicted molar refractivity (Wildman–Crippen MR) is 58.1 cm³/mol. The second-order valence-corrected chi connectivity index (χ2v) is 4.04. The highest BCUT2D eigenvalue weighted by Crippen LogP contribution is 2.29. The number of nitrogens with one attached hydrogen (secondary N) is 1. The van der Waals surface area contributed by atoms with Crippen LogP contribution in [0.1, 0.15) is 12.8 Å². The molecule has 3 rings (SSSR count). The van der Waals surface area contributed by atoms with E-state index < -0.39 is 0 Å². The highest BCUT2D eigenvalue weighted by Gasteiger charge is 2.21. The number of pyridine rings is 1. The quantitative estimate of drug-likeness (QED) is 0.800. The molecule has 2 heterocycles. The summed E-state index contributed by atoms with van der Waals surface area (Å²) in [4.78, 5) is 4.10. The molecule has 0 unspecified atom stereocenters. The van der Waals surface area contributed by atoms with E-state index in [4.69, 9.17) is 0 Å². The van der Waals surface area contributed by atoms with Crippen LogP contribution in [-0.4, -0.2) is 21.0 Å². The van der Waals surface area contributed by atoms with Crippen molar-refractivity contribution in [2.45, 2.75) is 12.8 Å². The summed E-state index contributed by atoms with van der Waals surface area (Å²) < 4.78 is 1.87. The minimum absolute atomic E-state index is 0.0916. The van der Waals surface area contributed by atoms with Crippen LogP contribution in [-0.2, 0) is 0 Å². The second kappa shape index (κ2) is 3.15. The Kier molecular flexibility index (Phi) is 1.80. The van der Waals surface area contributed by atoms with Crippen molar-refractivity contribution in [3.63, 3.8) is 0 Å². The molecule has 0 atom stereocenters. The number of imidazole rings is 1. The molecule has 0 bridgehead atoms. The van der Waals surface area contributed by atoms with Gasteiger partial charge in [0.05, 0.1) is 0 Å². The molecule has 1 fully saturated rings. The molecule has 4 nitrogen and oxygen atoms in total. The molecule has 0 aliphatic heterocycles. The van der Waals surface area contributed by atoms with Gasteiger partial charge < -0.3 is 10.4 Å². The fourth-order valence-electron chi connectivity index (χ4n) is 1.70. The van der Waals surface area contributed by atoms with Crippen molar-refractivity contribution >= 4 is 11.5 Å². The topological polar surface area (TPSA) is 49.6 Å². The Balaban J connectivity index is 1.94. The standard InChI is InChI=1S/C11H13N3O/c15-10-9-3-1-2-6-14(9)11(13-10)12-7-8-4-5-8/h1-3,6,8,15H,4-5,7H2,(H,12,13). The van der Waals surface area contributed by atoms with E-state index >= 15 is 0 Å². The minimum atomic E-state index is 0.0916. The molecule has 2 N–H and O–H groups in total. The van der Waals surface area contributed by atoms with Gasteiger partial charge in [0, 0.05) is 12.7 Å². The lowest BCUT2D eigenvalue weighted by Crippen LogP contribution is -2.06. The van der Waals surface area contributed by atoms with Crippen LogP contribution >= 0.6 is 0 Å². The lowest BCUT2D eigenvalue weighted by atomic mass is 10.4. The van der Waals surface area contributed by atoms with E-state index in [-0.39, 0.29) is 5.88 Å². The van der Waals surface area contributed by atoms with Crippen LogP contribution in [0.5, 0.6) is 5.88 Å². The van der Waals surface area contributed by atoms with Crippen LogP contribution in [0.2, 0.25) is 0 Å². The third-order valence-electron chi connectivity index (χ3n) is 2.77. The summed E-state index contributed by atoms with van der Waals surface area (Å²) in [5.41, 5.74) is 0.746. The van der Waals surface area contributed by atoms with Crippen molar-refractivity contribution in [3.8, 4) is 5.88 Å². The van der Waals surface area contributed by atoms with Crippen molar-refractivity contribution in [3.05, 3.63) is 24.4 Å². The van der Waals surface area contributed by atoms with E-state index in [0.717, 1.165) is 23.9 Å². The van der Waals surface area contributed by atoms with Gasteiger partial charge in [0.1, 0.15) is 5.52 Å². The van der Waals surface area contributed by atoms with Crippen LogP contribution < -0.4 is 5.32 Å². The molecule has 1 aliphatic carbocycles. The summed E-state index contributed by atoms with van der Waals surface area (Å²) in [6, 6.07) is 5.67. The van der Waals surface area contributed by atoms with Gasteiger partial charge in [-0.3, -0.25) is 4.40 Å². The number of hydrogen-bond acceptors (Lipinski definition) is 3. The fourth-order valence-corrected chi connectivity index (χ4v) is 1.70. The van der Waals surface area contributed by atoms with Gasteiger partial charge in [-0.2, -0.15) is 4.98 Å². The molecular weight excluding hydrogens is 190 g/mol. The molecule has 1 saturated carbocycles. The number of anilines is 1. The largest absolute Gasteiger partial charge is 0.492 e. The fraction of sp³-hybridized carbons (Fsp3) is 0.364. The second-order valence-electron chi connectivity index (χ2n) is 4.04. The van der Waals surface area contributed by atoms with Crippen molar-refractivity contribution < 1.29 is 5.11 Å². The highest BCUT2D eigenvalue weighted by atomic mass is 16.3. The predicted octanol–water partition coefficient (Wildman–Crippen LogP) is 1.86. The maximum atomic E-state index is 9.60. The van der Waals surface area contributed by atoms with Gasteiger partial charge in [0.15, 0.2) is 0 Å². The number of rotatable bonds is 3. The number of aromatic hydroxyl groups is 1. The summed E-state index contributed by atoms with van der Waals surface area (Å²) in [5, 5.41) is 12.9. The minimum Gasteiger partial charge on any atom is -0.492 e. The van der Waals surface area contributed by atoms with Gasteiger partial charge in [-0.05, 0) is 30.9 Å². The molecule has 2 aromatic rings. The maximum Gasteiger partial charge on any atom is 0.239 e. The zero-order chi connectivity index (χ0) is 10.3. The number of hydrogen-bond donors (Lipinski definition) is 2. The Morgan fingerprint density at radius 2 is 2.33 bits per heavy atom. The average Bonchev–Trinajstić information content (AvgIpc) is 3.03. The van der Waals surface area contributed by atoms with Gasteiger partial charge in [-0.15, -0.1) is 0 Å². The molecule has 0 aromatic carbocycles. The van der Waals surface area contributed by atoms with E-state index in [1.165, 1.54) is 12.8 Å². The van der Waals surface area contributed by atoms with Gasteiger partial charge in [0.25, 0.3) is 0 Å². The van der Waals surface area contributed by atoms with Crippen LogP contribution in [0.3, 0.4) is 0 Å². The van der Waals surface area contributed by atoms with Crippen LogP contribution in [0.25, 0.3) is 5.52 Å². The van der Waals surface area contributed by atoms with Crippen LogP contribution in [0.15, 0.2) is 24.4 Å². The highest BCUT2D eigenvalue weighted by molar-refractivity contribution is 5.61. The van der Waals surface area contributed by atoms with Gasteiger partial charge >= 0.3 is 0 Å². The van der Waals surface area contributed by atoms with Gasteiger partial charge in [-0.1, -0.05) is 6.07 Å². The number of fused-ring (bicyclic) bond motifs is 1. The van der Waals surface area contributed by atoms with Crippen molar-refractivity contribution in [1.29, 1.82) is 0 Å². The Morgan fingerprint density at radius 3 is 3.13 bits per heavy atom. The molecule has 78 valence electrons. The van der Waals surface area contributed by atoms with Crippen LogP contribution in [0.4, 0.5) is 5.95 Å². The van der Waals surface area contributed by atoms with Gasteiger partial charge in [0.2, 0.25) is 11.8 Å². The first-order chi connectivity index (χ1) is 7.34. The summed E-state index contributed by atoms with van der Waals surface area (Å²) >= 11 is 0. The molecule has 2 aromatic heterocycles. The third kappa shape index (κ3) is 1.52. The Morgan fingerprint density at radius 1 is 1.47 bits per heavy atom. The smallest absolute Gasteiger partial charge is 0.239 e. The Bertz CT molecular complexity index is 488. The van der Waals surface area contributed by atoms with E-state index in [9.17, 15) is 5.11 Å². The SMILES string of the molecule is Oc1nc(NCC2CC2)n2ccccc12. The lowest BCUT2D eigenvalue weighted by Gasteiger charge is -2.02. The van der Waals surface area contributed by atoms with E-state index in [1.54, 1.807) is 0 Å². The van der Waals surface area contributed by atoms with E-state index in [0.29, 0.717) is 0 Å². The number of aromatic nitrogens is 2. The zero-order valence-electron chi connectivity index (χ0n) is 8.35. The first-order valence-electron chi connectivity index (χ1n) is 5.24. The molecule has 0 amide bonds. The molecule has 0 radical (unpaired) electrons. The van der Waals surface area contributed by atoms with Crippen molar-refractivity contribution in [1.82, 2.24) is 9.38 Å². The lowest BCUT2D eigenvalue weighted by molar-refractivity contribution is 0.463. The Labute approximate surface area is 87.6 Å². The van der Waals surface area contributed by atoms with Crippen molar-refractivity contribution in [2.24, 2.45) is 5.92 Å². The third-order valence-corrected chi connectivity index (χ3v) is 2.77. The molecule has 4 heteroatoms. The molecule has 15 heavy (non-hydrogen) atoms. The molecule has 0 spiro atoms.